The van der Waals surface area contributed by atoms with Crippen molar-refractivity contribution in [2.75, 3.05) is 4.90 Å². The number of carbonyl (C=O) groups excluding carboxylic acids is 3. The molecule has 6 nitrogen and oxygen atoms in total. The number of anilines is 1. The maximum atomic E-state index is 12.6. The second-order valence-electron chi connectivity index (χ2n) is 5.70. The Bertz CT molecular complexity index is 930. The van der Waals surface area contributed by atoms with E-state index in [2.05, 4.69) is 4.74 Å². The molecule has 3 rings (SSSR count). The fraction of sp³-hybridized carbons (Fsp3) is 0.167. The Morgan fingerprint density at radius 1 is 1.11 bits per heavy atom. The first-order valence-electron chi connectivity index (χ1n) is 7.85. The summed E-state index contributed by atoms with van der Waals surface area (Å²) >= 11 is 0.921. The molecule has 1 aliphatic rings. The summed E-state index contributed by atoms with van der Waals surface area (Å²) in [4.78, 5) is 37.2. The average Bonchev–Trinajstić information content (AvgIpc) is 2.88. The van der Waals surface area contributed by atoms with Gasteiger partial charge in [-0.2, -0.15) is 0 Å². The predicted octanol–water partition coefficient (Wildman–Crippen LogP) is 2.37. The molecule has 0 aliphatic carbocycles. The number of thioether (sulfide) groups is 1. The molecular formula is C18H11F3NO5S-. The molecule has 0 unspecified atom stereocenters. The lowest BCUT2D eigenvalue weighted by Gasteiger charge is -2.16. The molecule has 0 spiro atoms. The Labute approximate surface area is 160 Å². The molecule has 146 valence electrons. The Kier molecular flexibility index (Phi) is 5.32. The van der Waals surface area contributed by atoms with Crippen LogP contribution in [0.2, 0.25) is 0 Å². The smallest absolute Gasteiger partial charge is 0.545 e. The summed E-state index contributed by atoms with van der Waals surface area (Å²) in [6.07, 6.45) is -5.03. The standard InChI is InChI=1S/C18H12F3NO5S/c19-18(20,21)27-11-7-5-10(6-8-11)22-15(23)9-14(16(22)24)28-13-4-2-1-3-12(13)17(25)26/h1-8,14H,9H2,(H,25,26)/p-1/t14-/m0/s1. The van der Waals surface area contributed by atoms with Crippen molar-refractivity contribution >= 4 is 35.2 Å². The third-order valence-electron chi connectivity index (χ3n) is 3.81. The van der Waals surface area contributed by atoms with Crippen molar-refractivity contribution in [2.24, 2.45) is 0 Å². The normalized spacial score (nSPS) is 17.1. The van der Waals surface area contributed by atoms with E-state index in [1.807, 2.05) is 0 Å². The Morgan fingerprint density at radius 2 is 1.75 bits per heavy atom. The van der Waals surface area contributed by atoms with Gasteiger partial charge in [-0.25, -0.2) is 4.90 Å². The van der Waals surface area contributed by atoms with Gasteiger partial charge in [0.05, 0.1) is 16.9 Å². The molecule has 1 aliphatic heterocycles. The molecule has 2 aromatic rings. The number of benzene rings is 2. The van der Waals surface area contributed by atoms with Crippen LogP contribution >= 0.6 is 11.8 Å². The fourth-order valence-corrected chi connectivity index (χ4v) is 3.83. The van der Waals surface area contributed by atoms with E-state index >= 15 is 0 Å². The highest BCUT2D eigenvalue weighted by atomic mass is 32.2. The van der Waals surface area contributed by atoms with Gasteiger partial charge in [-0.3, -0.25) is 9.59 Å². The van der Waals surface area contributed by atoms with Crippen LogP contribution in [-0.2, 0) is 9.59 Å². The molecule has 0 bridgehead atoms. The lowest BCUT2D eigenvalue weighted by molar-refractivity contribution is -0.274. The topological polar surface area (TPSA) is 86.7 Å². The van der Waals surface area contributed by atoms with Gasteiger partial charge < -0.3 is 14.6 Å². The first kappa shape index (κ1) is 19.7. The highest BCUT2D eigenvalue weighted by molar-refractivity contribution is 8.00. The Morgan fingerprint density at radius 3 is 2.36 bits per heavy atom. The zero-order chi connectivity index (χ0) is 20.5. The largest absolute Gasteiger partial charge is 0.573 e. The number of carboxylic acid groups (broad SMARTS) is 1. The zero-order valence-electron chi connectivity index (χ0n) is 13.9. The van der Waals surface area contributed by atoms with Gasteiger partial charge >= 0.3 is 6.36 Å². The summed E-state index contributed by atoms with van der Waals surface area (Å²) in [5.41, 5.74) is 0.000613. The number of ether oxygens (including phenoxy) is 1. The van der Waals surface area contributed by atoms with Crippen molar-refractivity contribution in [2.45, 2.75) is 22.9 Å². The van der Waals surface area contributed by atoms with E-state index in [0.717, 1.165) is 28.8 Å². The SMILES string of the molecule is O=C([O-])c1ccccc1S[C@H]1CC(=O)N(c2ccc(OC(F)(F)F)cc2)C1=O. The quantitative estimate of drug-likeness (QED) is 0.704. The van der Waals surface area contributed by atoms with Crippen molar-refractivity contribution < 1.29 is 37.4 Å². The minimum atomic E-state index is -4.85. The molecule has 2 amide bonds. The molecule has 0 saturated carbocycles. The van der Waals surface area contributed by atoms with Gasteiger partial charge in [-0.05, 0) is 30.3 Å². The summed E-state index contributed by atoms with van der Waals surface area (Å²) in [7, 11) is 0. The van der Waals surface area contributed by atoms with E-state index in [1.165, 1.54) is 30.3 Å². The minimum Gasteiger partial charge on any atom is -0.545 e. The minimum absolute atomic E-state index is 0.0974. The summed E-state index contributed by atoms with van der Waals surface area (Å²) in [5.74, 6) is -3.02. The van der Waals surface area contributed by atoms with Gasteiger partial charge in [0.15, 0.2) is 0 Å². The number of halogens is 3. The second-order valence-corrected chi connectivity index (χ2v) is 6.95. The van der Waals surface area contributed by atoms with Crippen LogP contribution in [0.5, 0.6) is 5.75 Å². The van der Waals surface area contributed by atoms with Gasteiger partial charge in [-0.15, -0.1) is 24.9 Å². The first-order valence-corrected chi connectivity index (χ1v) is 8.73. The van der Waals surface area contributed by atoms with Crippen LogP contribution in [0, 0.1) is 0 Å². The zero-order valence-corrected chi connectivity index (χ0v) is 14.8. The molecular weight excluding hydrogens is 399 g/mol. The predicted molar refractivity (Wildman–Crippen MR) is 90.7 cm³/mol. The molecule has 28 heavy (non-hydrogen) atoms. The van der Waals surface area contributed by atoms with Gasteiger partial charge in [0, 0.05) is 16.9 Å². The fourth-order valence-electron chi connectivity index (χ4n) is 2.66. The van der Waals surface area contributed by atoms with Crippen LogP contribution in [0.25, 0.3) is 0 Å². The highest BCUT2D eigenvalue weighted by Gasteiger charge is 2.40. The van der Waals surface area contributed by atoms with E-state index in [-0.39, 0.29) is 22.6 Å². The van der Waals surface area contributed by atoms with Gasteiger partial charge in [0.2, 0.25) is 11.8 Å². The number of hydrogen-bond donors (Lipinski definition) is 0. The lowest BCUT2D eigenvalue weighted by atomic mass is 10.2. The summed E-state index contributed by atoms with van der Waals surface area (Å²) in [6.45, 7) is 0. The number of carboxylic acids is 1. The number of nitrogens with zero attached hydrogens (tertiary/aromatic N) is 1. The van der Waals surface area contributed by atoms with Crippen LogP contribution in [0.15, 0.2) is 53.4 Å². The maximum Gasteiger partial charge on any atom is 0.573 e. The monoisotopic (exact) mass is 410 g/mol. The van der Waals surface area contributed by atoms with Gasteiger partial charge in [-0.1, -0.05) is 18.2 Å². The number of alkyl halides is 3. The Hall–Kier alpha value is -3.01. The maximum absolute atomic E-state index is 12.6. The van der Waals surface area contributed by atoms with E-state index in [9.17, 15) is 32.7 Å². The number of aromatic carboxylic acids is 1. The van der Waals surface area contributed by atoms with E-state index in [1.54, 1.807) is 6.07 Å². The van der Waals surface area contributed by atoms with Crippen molar-refractivity contribution in [1.82, 2.24) is 0 Å². The average molecular weight is 410 g/mol. The van der Waals surface area contributed by atoms with E-state index < -0.39 is 35.1 Å². The van der Waals surface area contributed by atoms with Crippen LogP contribution < -0.4 is 14.7 Å². The molecule has 1 heterocycles. The highest BCUT2D eigenvalue weighted by Crippen LogP contribution is 2.36. The number of rotatable bonds is 5. The molecule has 2 aromatic carbocycles. The van der Waals surface area contributed by atoms with Crippen molar-refractivity contribution in [1.29, 1.82) is 0 Å². The molecule has 10 heteroatoms. The van der Waals surface area contributed by atoms with Crippen molar-refractivity contribution in [3.63, 3.8) is 0 Å². The summed E-state index contributed by atoms with van der Waals surface area (Å²) < 4.78 is 40.4. The van der Waals surface area contributed by atoms with Gasteiger partial charge in [0.1, 0.15) is 5.75 Å². The molecule has 1 saturated heterocycles. The van der Waals surface area contributed by atoms with E-state index in [0.29, 0.717) is 0 Å². The molecule has 1 atom stereocenters. The van der Waals surface area contributed by atoms with Crippen LogP contribution in [0.3, 0.4) is 0 Å². The second kappa shape index (κ2) is 7.55. The van der Waals surface area contributed by atoms with E-state index in [4.69, 9.17) is 0 Å². The lowest BCUT2D eigenvalue weighted by Crippen LogP contribution is -2.31. The van der Waals surface area contributed by atoms with Gasteiger partial charge in [0.25, 0.3) is 0 Å². The first-order chi connectivity index (χ1) is 13.2. The Balaban J connectivity index is 1.78. The number of carbonyl (C=O) groups is 3. The molecule has 0 radical (unpaired) electrons. The number of hydrogen-bond acceptors (Lipinski definition) is 6. The molecule has 1 fully saturated rings. The van der Waals surface area contributed by atoms with Crippen molar-refractivity contribution in [3.05, 3.63) is 54.1 Å². The number of imide groups is 1. The molecule has 0 aromatic heterocycles. The third-order valence-corrected chi connectivity index (χ3v) is 5.07. The van der Waals surface area contributed by atoms with Crippen LogP contribution in [0.4, 0.5) is 18.9 Å². The van der Waals surface area contributed by atoms with Crippen LogP contribution in [0.1, 0.15) is 16.8 Å². The van der Waals surface area contributed by atoms with Crippen LogP contribution in [-0.4, -0.2) is 29.4 Å². The summed E-state index contributed by atoms with van der Waals surface area (Å²) in [5, 5.41) is 10.3. The third kappa shape index (κ3) is 4.28. The number of amides is 2. The van der Waals surface area contributed by atoms with Crippen molar-refractivity contribution in [3.8, 4) is 5.75 Å². The summed E-state index contributed by atoms with van der Waals surface area (Å²) in [6, 6.07) is 10.2. The molecule has 0 N–H and O–H groups in total.